The quantitative estimate of drug-likeness (QED) is 0.843. The number of benzene rings is 1. The van der Waals surface area contributed by atoms with E-state index < -0.39 is 0 Å². The lowest BCUT2D eigenvalue weighted by molar-refractivity contribution is 0.00791. The molecule has 0 amide bonds. The Bertz CT molecular complexity index is 740. The number of rotatable bonds is 3. The molecule has 2 aromatic rings. The van der Waals surface area contributed by atoms with Crippen LogP contribution < -0.4 is 5.32 Å². The Balaban J connectivity index is 1.45. The maximum Gasteiger partial charge on any atom is 0.137 e. The fourth-order valence-electron chi connectivity index (χ4n) is 4.12. The summed E-state index contributed by atoms with van der Waals surface area (Å²) in [6.45, 7) is 6.08. The second-order valence-corrected chi connectivity index (χ2v) is 7.94. The molecule has 4 rings (SSSR count). The fourth-order valence-corrected chi connectivity index (χ4v) is 4.45. The molecular formula is C19H25BrN4O. The van der Waals surface area contributed by atoms with Crippen molar-refractivity contribution in [2.45, 2.75) is 44.7 Å². The Morgan fingerprint density at radius 1 is 1.12 bits per heavy atom. The number of aromatic nitrogens is 2. The van der Waals surface area contributed by atoms with Gasteiger partial charge < -0.3 is 10.1 Å². The minimum atomic E-state index is 0.494. The van der Waals surface area contributed by atoms with Gasteiger partial charge in [0.2, 0.25) is 0 Å². The molecule has 25 heavy (non-hydrogen) atoms. The molecule has 1 saturated carbocycles. The van der Waals surface area contributed by atoms with E-state index >= 15 is 0 Å². The molecule has 6 heteroatoms. The highest BCUT2D eigenvalue weighted by Crippen LogP contribution is 2.31. The summed E-state index contributed by atoms with van der Waals surface area (Å²) < 4.78 is 6.59. The molecule has 1 aliphatic heterocycles. The number of aryl methyl sites for hydroxylation is 1. The fraction of sp³-hybridized carbons (Fsp3) is 0.579. The van der Waals surface area contributed by atoms with Crippen LogP contribution in [0, 0.1) is 6.92 Å². The van der Waals surface area contributed by atoms with E-state index in [9.17, 15) is 0 Å². The summed E-state index contributed by atoms with van der Waals surface area (Å²) >= 11 is 3.63. The number of anilines is 1. The van der Waals surface area contributed by atoms with Crippen LogP contribution in [-0.4, -0.2) is 53.3 Å². The molecule has 0 radical (unpaired) electrons. The number of ether oxygens (including phenoxy) is 1. The van der Waals surface area contributed by atoms with Gasteiger partial charge in [0.25, 0.3) is 0 Å². The summed E-state index contributed by atoms with van der Waals surface area (Å²) in [6.07, 6.45) is 6.56. The number of nitrogens with zero attached hydrogens (tertiary/aromatic N) is 3. The summed E-state index contributed by atoms with van der Waals surface area (Å²) in [5.41, 5.74) is 2.20. The minimum absolute atomic E-state index is 0.494. The van der Waals surface area contributed by atoms with Crippen molar-refractivity contribution in [3.63, 3.8) is 0 Å². The first-order valence-electron chi connectivity index (χ1n) is 9.20. The van der Waals surface area contributed by atoms with Crippen LogP contribution in [0.2, 0.25) is 0 Å². The maximum atomic E-state index is 5.48. The van der Waals surface area contributed by atoms with Gasteiger partial charge in [-0.05, 0) is 50.3 Å². The van der Waals surface area contributed by atoms with Gasteiger partial charge in [-0.25, -0.2) is 9.97 Å². The van der Waals surface area contributed by atoms with Gasteiger partial charge >= 0.3 is 0 Å². The van der Waals surface area contributed by atoms with Crippen molar-refractivity contribution in [2.75, 3.05) is 31.6 Å². The maximum absolute atomic E-state index is 5.48. The summed E-state index contributed by atoms with van der Waals surface area (Å²) in [5.74, 6) is 0.971. The SMILES string of the molecule is Cc1c(Br)ccc2ncnc(NC3CCC(N4CCOCC4)CC3)c12. The molecule has 2 fully saturated rings. The molecular weight excluding hydrogens is 380 g/mol. The van der Waals surface area contributed by atoms with E-state index in [1.807, 2.05) is 0 Å². The van der Waals surface area contributed by atoms with Crippen molar-refractivity contribution < 1.29 is 4.74 Å². The van der Waals surface area contributed by atoms with Gasteiger partial charge in [-0.3, -0.25) is 4.90 Å². The summed E-state index contributed by atoms with van der Waals surface area (Å²) in [5, 5.41) is 4.83. The second-order valence-electron chi connectivity index (χ2n) is 7.09. The van der Waals surface area contributed by atoms with E-state index in [2.05, 4.69) is 55.2 Å². The third-order valence-electron chi connectivity index (χ3n) is 5.60. The van der Waals surface area contributed by atoms with Crippen LogP contribution in [0.25, 0.3) is 10.9 Å². The number of hydrogen-bond donors (Lipinski definition) is 1. The van der Waals surface area contributed by atoms with E-state index in [0.717, 1.165) is 53.5 Å². The zero-order chi connectivity index (χ0) is 17.2. The standard InChI is InChI=1S/C19H25BrN4O/c1-13-16(20)6-7-17-18(13)19(22-12-21-17)23-14-2-4-15(5-3-14)24-8-10-25-11-9-24/h6-7,12,14-15H,2-5,8-11H2,1H3,(H,21,22,23). The number of fused-ring (bicyclic) bond motifs is 1. The molecule has 1 aromatic heterocycles. The minimum Gasteiger partial charge on any atom is -0.379 e. The van der Waals surface area contributed by atoms with E-state index in [0.29, 0.717) is 6.04 Å². The van der Waals surface area contributed by atoms with E-state index in [4.69, 9.17) is 4.74 Å². The van der Waals surface area contributed by atoms with Crippen molar-refractivity contribution in [3.05, 3.63) is 28.5 Å². The lowest BCUT2D eigenvalue weighted by Crippen LogP contribution is -2.46. The highest BCUT2D eigenvalue weighted by Gasteiger charge is 2.27. The van der Waals surface area contributed by atoms with Gasteiger partial charge in [0.05, 0.1) is 18.7 Å². The Labute approximate surface area is 157 Å². The third-order valence-corrected chi connectivity index (χ3v) is 6.46. The van der Waals surface area contributed by atoms with E-state index in [1.165, 1.54) is 31.2 Å². The predicted octanol–water partition coefficient (Wildman–Crippen LogP) is 3.76. The highest BCUT2D eigenvalue weighted by atomic mass is 79.9. The van der Waals surface area contributed by atoms with Crippen molar-refractivity contribution >= 4 is 32.7 Å². The molecule has 1 N–H and O–H groups in total. The number of morpholine rings is 1. The van der Waals surface area contributed by atoms with Crippen molar-refractivity contribution in [1.29, 1.82) is 0 Å². The largest absolute Gasteiger partial charge is 0.379 e. The van der Waals surface area contributed by atoms with Gasteiger partial charge in [0.1, 0.15) is 12.1 Å². The van der Waals surface area contributed by atoms with Crippen LogP contribution in [0.4, 0.5) is 5.82 Å². The topological polar surface area (TPSA) is 50.3 Å². The van der Waals surface area contributed by atoms with E-state index in [1.54, 1.807) is 6.33 Å². The first-order valence-corrected chi connectivity index (χ1v) is 10.00. The Morgan fingerprint density at radius 2 is 1.88 bits per heavy atom. The monoisotopic (exact) mass is 404 g/mol. The summed E-state index contributed by atoms with van der Waals surface area (Å²) in [6, 6.07) is 5.32. The van der Waals surface area contributed by atoms with Crippen molar-refractivity contribution in [2.24, 2.45) is 0 Å². The molecule has 0 spiro atoms. The molecule has 134 valence electrons. The predicted molar refractivity (Wildman–Crippen MR) is 104 cm³/mol. The van der Waals surface area contributed by atoms with Crippen LogP contribution in [0.1, 0.15) is 31.2 Å². The molecule has 1 saturated heterocycles. The van der Waals surface area contributed by atoms with Crippen molar-refractivity contribution in [3.8, 4) is 0 Å². The Kier molecular flexibility index (Phi) is 5.20. The lowest BCUT2D eigenvalue weighted by atomic mass is 9.90. The lowest BCUT2D eigenvalue weighted by Gasteiger charge is -2.39. The van der Waals surface area contributed by atoms with Crippen molar-refractivity contribution in [1.82, 2.24) is 14.9 Å². The second kappa shape index (κ2) is 7.56. The first kappa shape index (κ1) is 17.2. The highest BCUT2D eigenvalue weighted by molar-refractivity contribution is 9.10. The van der Waals surface area contributed by atoms with Crippen LogP contribution in [0.3, 0.4) is 0 Å². The Morgan fingerprint density at radius 3 is 2.64 bits per heavy atom. The molecule has 0 atom stereocenters. The number of halogens is 1. The molecule has 2 aliphatic rings. The van der Waals surface area contributed by atoms with Gasteiger partial charge in [-0.1, -0.05) is 15.9 Å². The average molecular weight is 405 g/mol. The van der Waals surface area contributed by atoms with Gasteiger partial charge in [-0.2, -0.15) is 0 Å². The van der Waals surface area contributed by atoms with Gasteiger partial charge in [0.15, 0.2) is 0 Å². The molecule has 2 heterocycles. The Hall–Kier alpha value is -1.24. The molecule has 0 unspecified atom stereocenters. The molecule has 1 aliphatic carbocycles. The zero-order valence-electron chi connectivity index (χ0n) is 14.7. The zero-order valence-corrected chi connectivity index (χ0v) is 16.3. The van der Waals surface area contributed by atoms with E-state index in [-0.39, 0.29) is 0 Å². The third kappa shape index (κ3) is 3.66. The van der Waals surface area contributed by atoms with Gasteiger partial charge in [0, 0.05) is 35.0 Å². The van der Waals surface area contributed by atoms with Crippen LogP contribution >= 0.6 is 15.9 Å². The first-order chi connectivity index (χ1) is 12.2. The number of nitrogens with one attached hydrogen (secondary N) is 1. The van der Waals surface area contributed by atoms with Crippen LogP contribution in [0.5, 0.6) is 0 Å². The normalized spacial score (nSPS) is 25.2. The average Bonchev–Trinajstić information content (AvgIpc) is 2.66. The number of hydrogen-bond acceptors (Lipinski definition) is 5. The van der Waals surface area contributed by atoms with Crippen LogP contribution in [-0.2, 0) is 4.74 Å². The van der Waals surface area contributed by atoms with Gasteiger partial charge in [-0.15, -0.1) is 0 Å². The molecule has 0 bridgehead atoms. The molecule has 5 nitrogen and oxygen atoms in total. The summed E-state index contributed by atoms with van der Waals surface area (Å²) in [7, 11) is 0. The van der Waals surface area contributed by atoms with Crippen LogP contribution in [0.15, 0.2) is 22.9 Å². The molecule has 1 aromatic carbocycles. The summed E-state index contributed by atoms with van der Waals surface area (Å²) in [4.78, 5) is 11.6. The smallest absolute Gasteiger partial charge is 0.137 e.